The van der Waals surface area contributed by atoms with E-state index < -0.39 is 0 Å². The Morgan fingerprint density at radius 2 is 2.08 bits per heavy atom. The maximum Gasteiger partial charge on any atom is 0.191 e. The van der Waals surface area contributed by atoms with E-state index in [1.807, 2.05) is 7.05 Å². The fourth-order valence-electron chi connectivity index (χ4n) is 3.64. The summed E-state index contributed by atoms with van der Waals surface area (Å²) in [4.78, 5) is 11.6. The molecule has 3 heterocycles. The molecule has 1 unspecified atom stereocenters. The SMILES string of the molecule is CCc1nc(CN2CCC(CNC(=NC)NCC3CCCS3)CC2)cs1. The summed E-state index contributed by atoms with van der Waals surface area (Å²) in [5.74, 6) is 3.03. The molecule has 2 fully saturated rings. The highest BCUT2D eigenvalue weighted by Crippen LogP contribution is 2.25. The molecule has 7 heteroatoms. The lowest BCUT2D eigenvalue weighted by molar-refractivity contribution is 0.176. The van der Waals surface area contributed by atoms with E-state index in [0.29, 0.717) is 0 Å². The smallest absolute Gasteiger partial charge is 0.191 e. The second-order valence-corrected chi connectivity index (χ2v) is 9.63. The second kappa shape index (κ2) is 10.5. The van der Waals surface area contributed by atoms with Gasteiger partial charge in [-0.15, -0.1) is 11.3 Å². The predicted octanol–water partition coefficient (Wildman–Crippen LogP) is 2.98. The van der Waals surface area contributed by atoms with Gasteiger partial charge in [0.15, 0.2) is 5.96 Å². The number of guanidine groups is 1. The monoisotopic (exact) mass is 395 g/mol. The molecule has 0 aliphatic carbocycles. The highest BCUT2D eigenvalue weighted by molar-refractivity contribution is 8.00. The van der Waals surface area contributed by atoms with Crippen LogP contribution in [0.15, 0.2) is 10.4 Å². The van der Waals surface area contributed by atoms with Crippen molar-refractivity contribution in [2.24, 2.45) is 10.9 Å². The third-order valence-corrected chi connectivity index (χ3v) is 7.74. The van der Waals surface area contributed by atoms with Crippen LogP contribution < -0.4 is 10.6 Å². The quantitative estimate of drug-likeness (QED) is 0.549. The maximum absolute atomic E-state index is 4.70. The van der Waals surface area contributed by atoms with Gasteiger partial charge >= 0.3 is 0 Å². The first-order chi connectivity index (χ1) is 12.8. The van der Waals surface area contributed by atoms with E-state index in [1.165, 1.54) is 55.2 Å². The molecular weight excluding hydrogens is 362 g/mol. The molecule has 2 saturated heterocycles. The van der Waals surface area contributed by atoms with Gasteiger partial charge in [0.1, 0.15) is 0 Å². The normalized spacial score (nSPS) is 22.7. The summed E-state index contributed by atoms with van der Waals surface area (Å²) >= 11 is 3.89. The van der Waals surface area contributed by atoms with Gasteiger partial charge in [0.2, 0.25) is 0 Å². The van der Waals surface area contributed by atoms with Crippen molar-refractivity contribution < 1.29 is 0 Å². The average Bonchev–Trinajstić information content (AvgIpc) is 3.35. The van der Waals surface area contributed by atoms with Crippen LogP contribution in [0.3, 0.4) is 0 Å². The molecule has 5 nitrogen and oxygen atoms in total. The Balaban J connectivity index is 1.32. The van der Waals surface area contributed by atoms with Crippen molar-refractivity contribution in [3.05, 3.63) is 16.1 Å². The van der Waals surface area contributed by atoms with Gasteiger partial charge in [0.05, 0.1) is 10.7 Å². The van der Waals surface area contributed by atoms with E-state index in [-0.39, 0.29) is 0 Å². The minimum absolute atomic E-state index is 0.743. The van der Waals surface area contributed by atoms with Crippen molar-refractivity contribution in [3.8, 4) is 0 Å². The molecule has 2 N–H and O–H groups in total. The number of aryl methyl sites for hydroxylation is 1. The number of aromatic nitrogens is 1. The Hall–Kier alpha value is -0.790. The molecule has 3 rings (SSSR count). The molecule has 1 aromatic heterocycles. The van der Waals surface area contributed by atoms with Crippen LogP contribution in [0, 0.1) is 5.92 Å². The summed E-state index contributed by atoms with van der Waals surface area (Å²) in [7, 11) is 1.87. The molecule has 0 aromatic carbocycles. The minimum atomic E-state index is 0.743. The number of aliphatic imine (C=N–C) groups is 1. The highest BCUT2D eigenvalue weighted by Gasteiger charge is 2.20. The van der Waals surface area contributed by atoms with E-state index in [4.69, 9.17) is 4.98 Å². The number of likely N-dealkylation sites (tertiary alicyclic amines) is 1. The largest absolute Gasteiger partial charge is 0.356 e. The maximum atomic E-state index is 4.70. The number of nitrogens with one attached hydrogen (secondary N) is 2. The number of hydrogen-bond acceptors (Lipinski definition) is 5. The van der Waals surface area contributed by atoms with Gasteiger partial charge in [0.25, 0.3) is 0 Å². The number of thiazole rings is 1. The minimum Gasteiger partial charge on any atom is -0.356 e. The van der Waals surface area contributed by atoms with Crippen LogP contribution in [-0.4, -0.2) is 60.1 Å². The Kier molecular flexibility index (Phi) is 8.08. The van der Waals surface area contributed by atoms with E-state index in [0.717, 1.165) is 43.2 Å². The van der Waals surface area contributed by atoms with Crippen molar-refractivity contribution in [2.75, 3.05) is 39.0 Å². The Labute approximate surface area is 166 Å². The van der Waals surface area contributed by atoms with Crippen molar-refractivity contribution in [1.29, 1.82) is 0 Å². The fourth-order valence-corrected chi connectivity index (χ4v) is 5.58. The Morgan fingerprint density at radius 1 is 1.27 bits per heavy atom. The lowest BCUT2D eigenvalue weighted by Crippen LogP contribution is -2.44. The van der Waals surface area contributed by atoms with Crippen LogP contribution in [0.1, 0.15) is 43.3 Å². The van der Waals surface area contributed by atoms with Gasteiger partial charge in [0, 0.05) is 37.3 Å². The number of thioether (sulfide) groups is 1. The molecule has 2 aliphatic heterocycles. The van der Waals surface area contributed by atoms with Crippen molar-refractivity contribution in [3.63, 3.8) is 0 Å². The zero-order valence-corrected chi connectivity index (χ0v) is 17.8. The summed E-state index contributed by atoms with van der Waals surface area (Å²) < 4.78 is 0. The van der Waals surface area contributed by atoms with Gasteiger partial charge in [-0.25, -0.2) is 4.98 Å². The van der Waals surface area contributed by atoms with Crippen molar-refractivity contribution in [1.82, 2.24) is 20.5 Å². The van der Waals surface area contributed by atoms with E-state index in [2.05, 4.69) is 44.6 Å². The number of hydrogen-bond donors (Lipinski definition) is 2. The Morgan fingerprint density at radius 3 is 2.73 bits per heavy atom. The second-order valence-electron chi connectivity index (χ2n) is 7.27. The van der Waals surface area contributed by atoms with Crippen molar-refractivity contribution in [2.45, 2.75) is 50.8 Å². The molecule has 146 valence electrons. The number of rotatable bonds is 7. The third-order valence-electron chi connectivity index (χ3n) is 5.30. The number of piperidine rings is 1. The molecule has 0 saturated carbocycles. The van der Waals surface area contributed by atoms with Crippen molar-refractivity contribution >= 4 is 29.1 Å². The molecule has 0 amide bonds. The highest BCUT2D eigenvalue weighted by atomic mass is 32.2. The predicted molar refractivity (Wildman–Crippen MR) is 114 cm³/mol. The summed E-state index contributed by atoms with van der Waals surface area (Å²) in [5, 5.41) is 11.3. The summed E-state index contributed by atoms with van der Waals surface area (Å²) in [6.45, 7) is 7.61. The zero-order valence-electron chi connectivity index (χ0n) is 16.2. The molecule has 26 heavy (non-hydrogen) atoms. The van der Waals surface area contributed by atoms with Gasteiger partial charge in [-0.2, -0.15) is 11.8 Å². The van der Waals surface area contributed by atoms with Crippen LogP contribution in [0.2, 0.25) is 0 Å². The van der Waals surface area contributed by atoms with E-state index >= 15 is 0 Å². The standard InChI is InChI=1S/C19H33N5S2/c1-3-18-23-16(14-26-18)13-24-8-6-15(7-9-24)11-21-19(20-2)22-12-17-5-4-10-25-17/h14-15,17H,3-13H2,1-2H3,(H2,20,21,22). The van der Waals surface area contributed by atoms with Crippen LogP contribution in [-0.2, 0) is 13.0 Å². The molecule has 1 atom stereocenters. The van der Waals surface area contributed by atoms with Gasteiger partial charge in [-0.1, -0.05) is 6.92 Å². The zero-order chi connectivity index (χ0) is 18.2. The first-order valence-electron chi connectivity index (χ1n) is 9.98. The molecule has 2 aliphatic rings. The summed E-state index contributed by atoms with van der Waals surface area (Å²) in [6.07, 6.45) is 6.27. The van der Waals surface area contributed by atoms with E-state index in [1.54, 1.807) is 11.3 Å². The molecule has 0 radical (unpaired) electrons. The lowest BCUT2D eigenvalue weighted by Gasteiger charge is -2.31. The van der Waals surface area contributed by atoms with E-state index in [9.17, 15) is 0 Å². The summed E-state index contributed by atoms with van der Waals surface area (Å²) in [6, 6.07) is 0. The third kappa shape index (κ3) is 6.13. The average molecular weight is 396 g/mol. The first-order valence-corrected chi connectivity index (χ1v) is 11.9. The molecular formula is C19H33N5S2. The molecule has 0 bridgehead atoms. The fraction of sp³-hybridized carbons (Fsp3) is 0.789. The van der Waals surface area contributed by atoms with Gasteiger partial charge in [-0.3, -0.25) is 9.89 Å². The Bertz CT molecular complexity index is 560. The van der Waals surface area contributed by atoms with Crippen LogP contribution in [0.5, 0.6) is 0 Å². The summed E-state index contributed by atoms with van der Waals surface area (Å²) in [5.41, 5.74) is 1.25. The molecule has 1 aromatic rings. The van der Waals surface area contributed by atoms with Crippen LogP contribution >= 0.6 is 23.1 Å². The van der Waals surface area contributed by atoms with Gasteiger partial charge in [-0.05, 0) is 56.9 Å². The first kappa shape index (κ1) is 20.0. The number of nitrogens with zero attached hydrogens (tertiary/aromatic N) is 3. The lowest BCUT2D eigenvalue weighted by atomic mass is 9.97. The van der Waals surface area contributed by atoms with Gasteiger partial charge < -0.3 is 10.6 Å². The molecule has 0 spiro atoms. The van der Waals surface area contributed by atoms with Crippen LogP contribution in [0.4, 0.5) is 0 Å². The topological polar surface area (TPSA) is 52.6 Å². The van der Waals surface area contributed by atoms with Crippen LogP contribution in [0.25, 0.3) is 0 Å².